The highest BCUT2D eigenvalue weighted by Gasteiger charge is 2.35. The lowest BCUT2D eigenvalue weighted by atomic mass is 10.1. The number of carbonyl (C=O) groups is 2. The van der Waals surface area contributed by atoms with E-state index < -0.39 is 11.7 Å². The molecule has 0 bridgehead atoms. The van der Waals surface area contributed by atoms with Crippen LogP contribution in [0, 0.1) is 12.7 Å². The van der Waals surface area contributed by atoms with Crippen LogP contribution >= 0.6 is 22.7 Å². The van der Waals surface area contributed by atoms with Gasteiger partial charge in [-0.25, -0.2) is 9.40 Å². The van der Waals surface area contributed by atoms with E-state index in [4.69, 9.17) is 0 Å². The van der Waals surface area contributed by atoms with Gasteiger partial charge in [0.15, 0.2) is 0 Å². The molecular formula is C21H18FN3O2S2. The van der Waals surface area contributed by atoms with Crippen molar-refractivity contribution < 1.29 is 14.0 Å². The number of hydrogen-bond donors (Lipinski definition) is 1. The molecule has 0 aliphatic carbocycles. The Morgan fingerprint density at radius 3 is 2.69 bits per heavy atom. The fourth-order valence-electron chi connectivity index (χ4n) is 3.24. The van der Waals surface area contributed by atoms with Gasteiger partial charge in [0.1, 0.15) is 5.82 Å². The van der Waals surface area contributed by atoms with Gasteiger partial charge in [0, 0.05) is 11.3 Å². The van der Waals surface area contributed by atoms with E-state index in [1.54, 1.807) is 28.7 Å². The Hall–Kier alpha value is -2.84. The predicted octanol–water partition coefficient (Wildman–Crippen LogP) is 4.36. The molecule has 1 aliphatic heterocycles. The largest absolute Gasteiger partial charge is 0.343 e. The van der Waals surface area contributed by atoms with Crippen molar-refractivity contribution in [3.63, 3.8) is 0 Å². The number of carbonyl (C=O) groups excluding carboxylic acids is 2. The van der Waals surface area contributed by atoms with Gasteiger partial charge in [0.25, 0.3) is 11.8 Å². The Kier molecular flexibility index (Phi) is 5.55. The lowest BCUT2D eigenvalue weighted by molar-refractivity contribution is -0.131. The van der Waals surface area contributed by atoms with Crippen LogP contribution in [-0.4, -0.2) is 29.1 Å². The second-order valence-electron chi connectivity index (χ2n) is 6.61. The van der Waals surface area contributed by atoms with Gasteiger partial charge < -0.3 is 5.32 Å². The number of hydrazone groups is 1. The van der Waals surface area contributed by atoms with E-state index in [2.05, 4.69) is 10.4 Å². The average Bonchev–Trinajstić information content (AvgIpc) is 3.46. The lowest BCUT2D eigenvalue weighted by Gasteiger charge is -2.21. The molecular weight excluding hydrogens is 409 g/mol. The molecule has 3 aromatic rings. The highest BCUT2D eigenvalue weighted by atomic mass is 32.1. The number of nitrogens with one attached hydrogen (secondary N) is 1. The quantitative estimate of drug-likeness (QED) is 0.657. The first-order chi connectivity index (χ1) is 14.0. The van der Waals surface area contributed by atoms with Gasteiger partial charge in [-0.05, 0) is 47.5 Å². The first-order valence-electron chi connectivity index (χ1n) is 9.04. The van der Waals surface area contributed by atoms with Crippen molar-refractivity contribution in [2.75, 3.05) is 6.54 Å². The molecule has 2 amide bonds. The van der Waals surface area contributed by atoms with Gasteiger partial charge in [-0.2, -0.15) is 5.10 Å². The Morgan fingerprint density at radius 2 is 2.00 bits per heavy atom. The number of rotatable bonds is 5. The average molecular weight is 428 g/mol. The first kappa shape index (κ1) is 19.5. The molecule has 148 valence electrons. The second kappa shape index (κ2) is 8.26. The SMILES string of the molecule is Cc1ccsc1[C@@H]1CC(c2cccs2)=NN1C(=O)CNC(=O)c1ccccc1F. The van der Waals surface area contributed by atoms with Crippen LogP contribution in [0.4, 0.5) is 4.39 Å². The van der Waals surface area contributed by atoms with Crippen molar-refractivity contribution in [1.82, 2.24) is 10.3 Å². The van der Waals surface area contributed by atoms with Crippen molar-refractivity contribution in [2.24, 2.45) is 5.10 Å². The Morgan fingerprint density at radius 1 is 1.17 bits per heavy atom. The molecule has 4 rings (SSSR count). The Balaban J connectivity index is 1.53. The molecule has 5 nitrogen and oxygen atoms in total. The summed E-state index contributed by atoms with van der Waals surface area (Å²) in [6.07, 6.45) is 0.620. The maximum Gasteiger partial charge on any atom is 0.262 e. The number of halogens is 1. The smallest absolute Gasteiger partial charge is 0.262 e. The summed E-state index contributed by atoms with van der Waals surface area (Å²) in [7, 11) is 0. The molecule has 1 aromatic carbocycles. The monoisotopic (exact) mass is 427 g/mol. The van der Waals surface area contributed by atoms with E-state index in [1.807, 2.05) is 35.9 Å². The van der Waals surface area contributed by atoms with Gasteiger partial charge >= 0.3 is 0 Å². The fraction of sp³-hybridized carbons (Fsp3) is 0.190. The number of amides is 2. The summed E-state index contributed by atoms with van der Waals surface area (Å²) in [5.41, 5.74) is 1.87. The van der Waals surface area contributed by atoms with Crippen molar-refractivity contribution >= 4 is 40.2 Å². The Labute approximate surface area is 175 Å². The minimum absolute atomic E-state index is 0.0878. The second-order valence-corrected chi connectivity index (χ2v) is 8.51. The molecule has 1 N–H and O–H groups in total. The third kappa shape index (κ3) is 3.99. The number of aryl methyl sites for hydroxylation is 1. The van der Waals surface area contributed by atoms with Crippen molar-refractivity contribution in [3.8, 4) is 0 Å². The van der Waals surface area contributed by atoms with Crippen LogP contribution in [0.5, 0.6) is 0 Å². The zero-order valence-corrected chi connectivity index (χ0v) is 17.2. The zero-order valence-electron chi connectivity index (χ0n) is 15.6. The van der Waals surface area contributed by atoms with Crippen LogP contribution in [0.2, 0.25) is 0 Å². The van der Waals surface area contributed by atoms with Crippen LogP contribution in [0.25, 0.3) is 0 Å². The van der Waals surface area contributed by atoms with E-state index in [1.165, 1.54) is 23.2 Å². The topological polar surface area (TPSA) is 61.8 Å². The fourth-order valence-corrected chi connectivity index (χ4v) is 4.97. The van der Waals surface area contributed by atoms with Gasteiger partial charge in [-0.3, -0.25) is 9.59 Å². The van der Waals surface area contributed by atoms with Gasteiger partial charge in [0.05, 0.1) is 28.7 Å². The molecule has 8 heteroatoms. The molecule has 0 saturated carbocycles. The maximum absolute atomic E-state index is 13.8. The molecule has 29 heavy (non-hydrogen) atoms. The van der Waals surface area contributed by atoms with E-state index in [-0.39, 0.29) is 24.1 Å². The van der Waals surface area contributed by atoms with Gasteiger partial charge in [-0.1, -0.05) is 18.2 Å². The van der Waals surface area contributed by atoms with Crippen molar-refractivity contribution in [2.45, 2.75) is 19.4 Å². The van der Waals surface area contributed by atoms with Crippen LogP contribution in [0.1, 0.15) is 38.1 Å². The minimum Gasteiger partial charge on any atom is -0.343 e. The summed E-state index contributed by atoms with van der Waals surface area (Å²) in [5.74, 6) is -1.58. The number of thiophene rings is 2. The molecule has 2 aromatic heterocycles. The van der Waals surface area contributed by atoms with E-state index in [0.717, 1.165) is 21.0 Å². The normalized spacial score (nSPS) is 16.0. The third-order valence-electron chi connectivity index (χ3n) is 4.69. The van der Waals surface area contributed by atoms with Crippen LogP contribution in [-0.2, 0) is 4.79 Å². The van der Waals surface area contributed by atoms with E-state index >= 15 is 0 Å². The summed E-state index contributed by atoms with van der Waals surface area (Å²) >= 11 is 3.17. The summed E-state index contributed by atoms with van der Waals surface area (Å²) < 4.78 is 13.8. The Bertz CT molecular complexity index is 1080. The van der Waals surface area contributed by atoms with Crippen molar-refractivity contribution in [3.05, 3.63) is 79.9 Å². The minimum atomic E-state index is -0.623. The molecule has 1 aliphatic rings. The molecule has 3 heterocycles. The molecule has 1 atom stereocenters. The standard InChI is InChI=1S/C21H18FN3O2S2/c1-13-8-10-29-20(13)17-11-16(18-7-4-9-28-18)24-25(17)19(26)12-23-21(27)14-5-2-3-6-15(14)22/h2-10,17H,11-12H2,1H3,(H,23,27)/t17-/m0/s1. The summed E-state index contributed by atoms with van der Waals surface area (Å²) in [6.45, 7) is 1.76. The number of benzene rings is 1. The summed E-state index contributed by atoms with van der Waals surface area (Å²) in [4.78, 5) is 27.3. The molecule has 0 spiro atoms. The summed E-state index contributed by atoms with van der Waals surface area (Å²) in [5, 5.41) is 12.5. The molecule has 0 radical (unpaired) electrons. The van der Waals surface area contributed by atoms with Gasteiger partial charge in [0.2, 0.25) is 0 Å². The molecule has 0 saturated heterocycles. The van der Waals surface area contributed by atoms with Gasteiger partial charge in [-0.15, -0.1) is 22.7 Å². The third-order valence-corrected chi connectivity index (χ3v) is 6.73. The lowest BCUT2D eigenvalue weighted by Crippen LogP contribution is -2.38. The highest BCUT2D eigenvalue weighted by molar-refractivity contribution is 7.12. The molecule has 0 fully saturated rings. The van der Waals surface area contributed by atoms with Crippen LogP contribution < -0.4 is 5.32 Å². The van der Waals surface area contributed by atoms with E-state index in [0.29, 0.717) is 6.42 Å². The van der Waals surface area contributed by atoms with Crippen molar-refractivity contribution in [1.29, 1.82) is 0 Å². The first-order valence-corrected chi connectivity index (χ1v) is 10.8. The van der Waals surface area contributed by atoms with Crippen LogP contribution in [0.3, 0.4) is 0 Å². The van der Waals surface area contributed by atoms with Crippen LogP contribution in [0.15, 0.2) is 58.3 Å². The predicted molar refractivity (Wildman–Crippen MR) is 113 cm³/mol. The maximum atomic E-state index is 13.8. The number of nitrogens with zero attached hydrogens (tertiary/aromatic N) is 2. The van der Waals surface area contributed by atoms with E-state index in [9.17, 15) is 14.0 Å². The number of hydrogen-bond acceptors (Lipinski definition) is 5. The highest BCUT2D eigenvalue weighted by Crippen LogP contribution is 2.37. The molecule has 0 unspecified atom stereocenters. The zero-order chi connectivity index (χ0) is 20.4. The summed E-state index contributed by atoms with van der Waals surface area (Å²) in [6, 6.07) is 11.4.